The number of halogens is 2. The first-order chi connectivity index (χ1) is 6.35. The van der Waals surface area contributed by atoms with Gasteiger partial charge in [0.05, 0.1) is 10.7 Å². The van der Waals surface area contributed by atoms with Gasteiger partial charge in [-0.1, -0.05) is 0 Å². The average molecular weight is 223 g/mol. The van der Waals surface area contributed by atoms with Gasteiger partial charge in [-0.2, -0.15) is 8.78 Å². The molecule has 14 heavy (non-hydrogen) atoms. The molecule has 0 radical (unpaired) electrons. The molecule has 1 unspecified atom stereocenters. The van der Waals surface area contributed by atoms with Crippen molar-refractivity contribution in [2.45, 2.75) is 19.0 Å². The van der Waals surface area contributed by atoms with E-state index in [1.165, 1.54) is 5.38 Å². The monoisotopic (exact) mass is 223 g/mol. The van der Waals surface area contributed by atoms with Gasteiger partial charge in [0, 0.05) is 5.38 Å². The first-order valence-corrected chi connectivity index (χ1v) is 4.45. The Kier molecular flexibility index (Phi) is 2.81. The molecule has 0 bridgehead atoms. The van der Waals surface area contributed by atoms with Crippen LogP contribution in [-0.2, 0) is 4.79 Å². The number of aryl methyl sites for hydroxylation is 1. The Morgan fingerprint density at radius 1 is 1.71 bits per heavy atom. The summed E-state index contributed by atoms with van der Waals surface area (Å²) in [7, 11) is 0. The fourth-order valence-electron chi connectivity index (χ4n) is 0.808. The number of aliphatic carboxylic acids is 1. The third kappa shape index (κ3) is 1.88. The maximum Gasteiger partial charge on any atom is 0.377 e. The molecule has 0 aromatic carbocycles. The van der Waals surface area contributed by atoms with Gasteiger partial charge in [0.25, 0.3) is 0 Å². The summed E-state index contributed by atoms with van der Waals surface area (Å²) in [5.41, 5.74) is -0.320. The van der Waals surface area contributed by atoms with Gasteiger partial charge >= 0.3 is 11.9 Å². The second kappa shape index (κ2) is 3.58. The van der Waals surface area contributed by atoms with Gasteiger partial charge in [0.2, 0.25) is 0 Å². The van der Waals surface area contributed by atoms with E-state index in [1.807, 2.05) is 0 Å². The first-order valence-electron chi connectivity index (χ1n) is 3.57. The van der Waals surface area contributed by atoms with Crippen LogP contribution >= 0.6 is 11.3 Å². The molecular weight excluding hydrogens is 216 g/mol. The Balaban J connectivity index is 2.95. The number of aromatic nitrogens is 1. The Morgan fingerprint density at radius 2 is 2.29 bits per heavy atom. The molecule has 78 valence electrons. The van der Waals surface area contributed by atoms with Crippen LogP contribution < -0.4 is 0 Å². The van der Waals surface area contributed by atoms with Crippen LogP contribution in [0, 0.1) is 6.92 Å². The van der Waals surface area contributed by atoms with Crippen molar-refractivity contribution in [2.75, 3.05) is 0 Å². The van der Waals surface area contributed by atoms with Crippen molar-refractivity contribution in [1.29, 1.82) is 0 Å². The van der Waals surface area contributed by atoms with E-state index in [0.29, 0.717) is 5.01 Å². The second-order valence-corrected chi connectivity index (χ2v) is 3.68. The zero-order chi connectivity index (χ0) is 10.9. The molecule has 0 saturated heterocycles. The highest BCUT2D eigenvalue weighted by Gasteiger charge is 2.48. The minimum absolute atomic E-state index is 0.320. The Labute approximate surface area is 81.8 Å². The topological polar surface area (TPSA) is 70.4 Å². The van der Waals surface area contributed by atoms with Gasteiger partial charge < -0.3 is 10.2 Å². The summed E-state index contributed by atoms with van der Waals surface area (Å²) < 4.78 is 25.5. The summed E-state index contributed by atoms with van der Waals surface area (Å²) in [5.74, 6) is -6.57. The molecule has 7 heteroatoms. The van der Waals surface area contributed by atoms with E-state index in [2.05, 4.69) is 4.98 Å². The highest BCUT2D eigenvalue weighted by atomic mass is 32.1. The molecule has 0 aliphatic carbocycles. The van der Waals surface area contributed by atoms with Gasteiger partial charge in [-0.15, -0.1) is 11.3 Å². The molecule has 0 amide bonds. The lowest BCUT2D eigenvalue weighted by atomic mass is 10.1. The van der Waals surface area contributed by atoms with Crippen molar-refractivity contribution in [3.63, 3.8) is 0 Å². The number of nitrogens with zero attached hydrogens (tertiary/aromatic N) is 1. The van der Waals surface area contributed by atoms with Crippen LogP contribution in [0.25, 0.3) is 0 Å². The number of aliphatic hydroxyl groups excluding tert-OH is 1. The van der Waals surface area contributed by atoms with Crippen LogP contribution in [0.1, 0.15) is 16.8 Å². The number of hydrogen-bond acceptors (Lipinski definition) is 4. The molecule has 4 nitrogen and oxygen atoms in total. The zero-order valence-corrected chi connectivity index (χ0v) is 7.89. The number of carboxylic acids is 1. The molecule has 0 aliphatic rings. The van der Waals surface area contributed by atoms with E-state index in [-0.39, 0.29) is 5.69 Å². The van der Waals surface area contributed by atoms with Gasteiger partial charge in [-0.25, -0.2) is 9.78 Å². The highest BCUT2D eigenvalue weighted by molar-refractivity contribution is 7.09. The van der Waals surface area contributed by atoms with Gasteiger partial charge in [0.1, 0.15) is 0 Å². The van der Waals surface area contributed by atoms with Crippen LogP contribution in [0.5, 0.6) is 0 Å². The molecule has 0 spiro atoms. The van der Waals surface area contributed by atoms with E-state index in [4.69, 9.17) is 10.2 Å². The molecule has 1 aromatic rings. The predicted octanol–water partition coefficient (Wildman–Crippen LogP) is 1.20. The van der Waals surface area contributed by atoms with Crippen molar-refractivity contribution < 1.29 is 23.8 Å². The third-order valence-electron chi connectivity index (χ3n) is 1.55. The summed E-state index contributed by atoms with van der Waals surface area (Å²) in [6.45, 7) is 1.57. The molecular formula is C7H7F2NO3S. The Hall–Kier alpha value is -1.08. The lowest BCUT2D eigenvalue weighted by Gasteiger charge is -2.15. The summed E-state index contributed by atoms with van der Waals surface area (Å²) in [4.78, 5) is 13.7. The molecule has 1 atom stereocenters. The van der Waals surface area contributed by atoms with Crippen molar-refractivity contribution in [1.82, 2.24) is 4.98 Å². The average Bonchev–Trinajstić information content (AvgIpc) is 2.50. The van der Waals surface area contributed by atoms with Crippen molar-refractivity contribution in [3.05, 3.63) is 16.1 Å². The Bertz CT molecular complexity index is 352. The number of hydrogen-bond donors (Lipinski definition) is 2. The minimum atomic E-state index is -4.21. The van der Waals surface area contributed by atoms with Crippen molar-refractivity contribution in [2.24, 2.45) is 0 Å². The van der Waals surface area contributed by atoms with E-state index in [9.17, 15) is 13.6 Å². The smallest absolute Gasteiger partial charge is 0.377 e. The van der Waals surface area contributed by atoms with Crippen LogP contribution in [0.15, 0.2) is 5.38 Å². The quantitative estimate of drug-likeness (QED) is 0.807. The SMILES string of the molecule is Cc1nc(C(O)C(F)(F)C(=O)O)cs1. The predicted molar refractivity (Wildman–Crippen MR) is 44.4 cm³/mol. The number of rotatable bonds is 3. The lowest BCUT2D eigenvalue weighted by molar-refractivity contribution is -0.183. The molecule has 0 aliphatic heterocycles. The van der Waals surface area contributed by atoms with Crippen molar-refractivity contribution >= 4 is 17.3 Å². The van der Waals surface area contributed by atoms with Crippen LogP contribution in [-0.4, -0.2) is 27.1 Å². The Morgan fingerprint density at radius 3 is 2.64 bits per heavy atom. The highest BCUT2D eigenvalue weighted by Crippen LogP contribution is 2.31. The third-order valence-corrected chi connectivity index (χ3v) is 2.34. The largest absolute Gasteiger partial charge is 0.477 e. The molecule has 0 saturated carbocycles. The summed E-state index contributed by atoms with van der Waals surface area (Å²) in [6, 6.07) is 0. The minimum Gasteiger partial charge on any atom is -0.477 e. The van der Waals surface area contributed by atoms with E-state index in [0.717, 1.165) is 11.3 Å². The first kappa shape index (κ1) is 11.0. The van der Waals surface area contributed by atoms with Gasteiger partial charge in [0.15, 0.2) is 6.10 Å². The molecule has 1 aromatic heterocycles. The maximum atomic E-state index is 12.7. The molecule has 1 rings (SSSR count). The van der Waals surface area contributed by atoms with Gasteiger partial charge in [-0.3, -0.25) is 0 Å². The zero-order valence-electron chi connectivity index (χ0n) is 7.07. The van der Waals surface area contributed by atoms with Gasteiger partial charge in [-0.05, 0) is 6.92 Å². The standard InChI is InChI=1S/C7H7F2NO3S/c1-3-10-4(2-14-3)5(11)7(8,9)6(12)13/h2,5,11H,1H3,(H,12,13). The van der Waals surface area contributed by atoms with Crippen LogP contribution in [0.2, 0.25) is 0 Å². The van der Waals surface area contributed by atoms with Crippen LogP contribution in [0.3, 0.4) is 0 Å². The fourth-order valence-corrected chi connectivity index (χ4v) is 1.44. The van der Waals surface area contributed by atoms with E-state index in [1.54, 1.807) is 6.92 Å². The number of alkyl halides is 2. The number of thiazole rings is 1. The number of aliphatic hydroxyl groups is 1. The molecule has 2 N–H and O–H groups in total. The second-order valence-electron chi connectivity index (χ2n) is 2.62. The number of carbonyl (C=O) groups is 1. The number of carboxylic acid groups (broad SMARTS) is 1. The lowest BCUT2D eigenvalue weighted by Crippen LogP contribution is -2.35. The van der Waals surface area contributed by atoms with Crippen LogP contribution in [0.4, 0.5) is 8.78 Å². The van der Waals surface area contributed by atoms with E-state index < -0.39 is 18.0 Å². The molecule has 0 fully saturated rings. The fraction of sp³-hybridized carbons (Fsp3) is 0.429. The normalized spacial score (nSPS) is 14.0. The summed E-state index contributed by atoms with van der Waals surface area (Å²) in [6.07, 6.45) is -2.40. The maximum absolute atomic E-state index is 12.7. The summed E-state index contributed by atoms with van der Waals surface area (Å²) in [5, 5.41) is 18.9. The summed E-state index contributed by atoms with van der Waals surface area (Å²) >= 11 is 1.06. The van der Waals surface area contributed by atoms with Crippen molar-refractivity contribution in [3.8, 4) is 0 Å². The van der Waals surface area contributed by atoms with E-state index >= 15 is 0 Å². The molecule has 1 heterocycles.